The minimum Gasteiger partial charge on any atom is -0.480 e. The average Bonchev–Trinajstić information content (AvgIpc) is 3.70. The molecule has 2 aromatic rings. The summed E-state index contributed by atoms with van der Waals surface area (Å²) in [5, 5.41) is 18.2. The predicted molar refractivity (Wildman–Crippen MR) is 197 cm³/mol. The lowest BCUT2D eigenvalue weighted by molar-refractivity contribution is -0.141. The van der Waals surface area contributed by atoms with Crippen molar-refractivity contribution in [2.75, 3.05) is 39.3 Å². The van der Waals surface area contributed by atoms with Crippen molar-refractivity contribution in [3.8, 4) is 0 Å². The second kappa shape index (κ2) is 18.4. The Morgan fingerprint density at radius 1 is 0.769 bits per heavy atom. The highest BCUT2D eigenvalue weighted by molar-refractivity contribution is 5.97. The van der Waals surface area contributed by atoms with E-state index in [-0.39, 0.29) is 30.7 Å². The van der Waals surface area contributed by atoms with Gasteiger partial charge in [0.05, 0.1) is 12.6 Å². The van der Waals surface area contributed by atoms with Crippen molar-refractivity contribution in [3.63, 3.8) is 0 Å². The Morgan fingerprint density at radius 3 is 1.94 bits per heavy atom. The van der Waals surface area contributed by atoms with Crippen LogP contribution in [0.15, 0.2) is 60.7 Å². The number of carbonyl (C=O) groups is 5. The molecule has 2 saturated heterocycles. The van der Waals surface area contributed by atoms with Gasteiger partial charge in [0.25, 0.3) is 0 Å². The lowest BCUT2D eigenvalue weighted by atomic mass is 9.80. The molecule has 3 aliphatic rings. The molecule has 5 rings (SSSR count). The monoisotopic (exact) mass is 717 g/mol. The third-order valence-corrected chi connectivity index (χ3v) is 10.8. The molecule has 1 aliphatic carbocycles. The van der Waals surface area contributed by atoms with Crippen molar-refractivity contribution >= 4 is 29.6 Å². The maximum absolute atomic E-state index is 14.4. The van der Waals surface area contributed by atoms with E-state index in [4.69, 9.17) is 11.5 Å². The number of nitrogens with one attached hydrogen (secondary N) is 3. The van der Waals surface area contributed by atoms with Crippen molar-refractivity contribution in [2.24, 2.45) is 23.3 Å². The summed E-state index contributed by atoms with van der Waals surface area (Å²) in [6, 6.07) is 16.1. The van der Waals surface area contributed by atoms with Gasteiger partial charge >= 0.3 is 5.97 Å². The average molecular weight is 718 g/mol. The van der Waals surface area contributed by atoms with Crippen LogP contribution in [-0.4, -0.2) is 107 Å². The van der Waals surface area contributed by atoms with E-state index in [9.17, 15) is 29.1 Å². The lowest BCUT2D eigenvalue weighted by Crippen LogP contribution is -2.65. The highest BCUT2D eigenvalue weighted by atomic mass is 16.4. The summed E-state index contributed by atoms with van der Waals surface area (Å²) in [4.78, 5) is 71.0. The van der Waals surface area contributed by atoms with Gasteiger partial charge in [-0.2, -0.15) is 0 Å². The Labute approximate surface area is 306 Å². The maximum Gasteiger partial charge on any atom is 0.317 e. The Bertz CT molecular complexity index is 1510. The molecule has 2 aliphatic heterocycles. The van der Waals surface area contributed by atoms with Gasteiger partial charge < -0.3 is 37.4 Å². The molecule has 13 heteroatoms. The van der Waals surface area contributed by atoms with Gasteiger partial charge in [-0.3, -0.25) is 28.9 Å². The van der Waals surface area contributed by atoms with Gasteiger partial charge in [0.1, 0.15) is 17.6 Å². The Balaban J connectivity index is 1.30. The molecule has 4 amide bonds. The van der Waals surface area contributed by atoms with Crippen LogP contribution in [0.1, 0.15) is 62.5 Å². The molecule has 13 nitrogen and oxygen atoms in total. The minimum absolute atomic E-state index is 0.0110. The fourth-order valence-electron chi connectivity index (χ4n) is 8.04. The van der Waals surface area contributed by atoms with Crippen molar-refractivity contribution in [1.82, 2.24) is 25.8 Å². The number of carboxylic acids is 1. The number of nitrogens with zero attached hydrogens (tertiary/aromatic N) is 2. The first-order valence-electron chi connectivity index (χ1n) is 18.8. The van der Waals surface area contributed by atoms with Crippen molar-refractivity contribution in [3.05, 3.63) is 71.8 Å². The summed E-state index contributed by atoms with van der Waals surface area (Å²) < 4.78 is 0. The number of hydrogen-bond donors (Lipinski definition) is 6. The first-order valence-corrected chi connectivity index (χ1v) is 18.8. The molecule has 0 aromatic heterocycles. The van der Waals surface area contributed by atoms with E-state index < -0.39 is 47.4 Å². The highest BCUT2D eigenvalue weighted by Crippen LogP contribution is 2.32. The molecule has 5 atom stereocenters. The summed E-state index contributed by atoms with van der Waals surface area (Å²) >= 11 is 0. The zero-order valence-electron chi connectivity index (χ0n) is 30.0. The number of carboxylic acid groups (broad SMARTS) is 1. The molecule has 0 radical (unpaired) electrons. The number of likely N-dealkylation sites (tertiary alicyclic amines) is 2. The van der Waals surface area contributed by atoms with E-state index >= 15 is 0 Å². The minimum atomic E-state index is -1.26. The Hall–Kier alpha value is -4.33. The van der Waals surface area contributed by atoms with Crippen LogP contribution >= 0.6 is 0 Å². The third-order valence-electron chi connectivity index (χ3n) is 10.8. The Kier molecular flexibility index (Phi) is 13.8. The quantitative estimate of drug-likeness (QED) is 0.130. The van der Waals surface area contributed by atoms with Gasteiger partial charge in [0, 0.05) is 32.6 Å². The van der Waals surface area contributed by atoms with Crippen LogP contribution in [0.4, 0.5) is 0 Å². The number of rotatable bonds is 17. The number of fused-ring (bicyclic) bond motifs is 1. The molecule has 0 spiro atoms. The van der Waals surface area contributed by atoms with E-state index in [0.29, 0.717) is 71.2 Å². The molecule has 8 N–H and O–H groups in total. The number of carbonyl (C=O) groups excluding carboxylic acids is 4. The van der Waals surface area contributed by atoms with Crippen LogP contribution in [0.2, 0.25) is 0 Å². The molecule has 282 valence electrons. The second-order valence-corrected chi connectivity index (χ2v) is 14.8. The number of unbranched alkanes of at least 4 members (excludes halogenated alkanes) is 1. The summed E-state index contributed by atoms with van der Waals surface area (Å²) in [5.41, 5.74) is 12.6. The van der Waals surface area contributed by atoms with Crippen molar-refractivity contribution in [2.45, 2.75) is 87.9 Å². The summed E-state index contributed by atoms with van der Waals surface area (Å²) in [7, 11) is 0. The van der Waals surface area contributed by atoms with Crippen LogP contribution in [0.3, 0.4) is 0 Å². The number of hydrogen-bond acceptors (Lipinski definition) is 8. The summed E-state index contributed by atoms with van der Waals surface area (Å²) in [6.45, 7) is 2.72. The van der Waals surface area contributed by atoms with Crippen LogP contribution < -0.4 is 27.4 Å². The fourth-order valence-corrected chi connectivity index (χ4v) is 8.04. The number of amides is 4. The maximum atomic E-state index is 14.4. The van der Waals surface area contributed by atoms with E-state index in [1.54, 1.807) is 4.90 Å². The molecule has 5 unspecified atom stereocenters. The number of nitrogens with two attached hydrogens (primary N) is 2. The standard InChI is InChI=1S/C39H55N7O6/c40-19-11-8-16-32(37(51)46-24-29-22-45(26-34(47)48)23-30(29)25-46)43-38(52)39(17-9-3-10-18-39)44-36(50)33(21-28-14-6-2-7-15-28)42-35(49)31(41)20-27-12-4-1-5-13-27/h1-2,4-7,12-15,29-33H,3,8-11,16-26,40-41H2,(H,42,49)(H,43,52)(H,44,50)(H,47,48). The lowest BCUT2D eigenvalue weighted by Gasteiger charge is -2.39. The van der Waals surface area contributed by atoms with Gasteiger partial charge in [0.2, 0.25) is 23.6 Å². The van der Waals surface area contributed by atoms with Gasteiger partial charge in [0.15, 0.2) is 0 Å². The largest absolute Gasteiger partial charge is 0.480 e. The SMILES string of the molecule is NCCCCC(NC(=O)C1(NC(=O)C(Cc2ccccc2)NC(=O)C(N)Cc2ccccc2)CCCCC1)C(=O)N1CC2CN(CC(=O)O)CC2C1. The molecule has 1 saturated carbocycles. The van der Waals surface area contributed by atoms with Crippen molar-refractivity contribution < 1.29 is 29.1 Å². The number of benzene rings is 2. The predicted octanol–water partition coefficient (Wildman–Crippen LogP) is 1.19. The zero-order chi connectivity index (χ0) is 37.1. The van der Waals surface area contributed by atoms with Gasteiger partial charge in [-0.15, -0.1) is 0 Å². The van der Waals surface area contributed by atoms with E-state index in [1.807, 2.05) is 65.6 Å². The van der Waals surface area contributed by atoms with E-state index in [2.05, 4.69) is 16.0 Å². The molecular formula is C39H55N7O6. The first kappa shape index (κ1) is 38.9. The van der Waals surface area contributed by atoms with Crippen LogP contribution in [0.5, 0.6) is 0 Å². The van der Waals surface area contributed by atoms with Crippen molar-refractivity contribution in [1.29, 1.82) is 0 Å². The Morgan fingerprint density at radius 2 is 1.37 bits per heavy atom. The third kappa shape index (κ3) is 10.4. The normalized spacial score (nSPS) is 21.4. The van der Waals surface area contributed by atoms with Gasteiger partial charge in [-0.25, -0.2) is 0 Å². The molecule has 0 bridgehead atoms. The van der Waals surface area contributed by atoms with E-state index in [0.717, 1.165) is 30.4 Å². The number of aliphatic carboxylic acids is 1. The molecule has 3 fully saturated rings. The zero-order valence-corrected chi connectivity index (χ0v) is 30.0. The fraction of sp³-hybridized carbons (Fsp3) is 0.564. The van der Waals surface area contributed by atoms with Crippen LogP contribution in [-0.2, 0) is 36.8 Å². The molecular weight excluding hydrogens is 662 g/mol. The summed E-state index contributed by atoms with van der Waals surface area (Å²) in [5.74, 6) is -2.00. The first-order chi connectivity index (χ1) is 25.1. The smallest absolute Gasteiger partial charge is 0.317 e. The van der Waals surface area contributed by atoms with Crippen LogP contribution in [0, 0.1) is 11.8 Å². The highest BCUT2D eigenvalue weighted by Gasteiger charge is 2.46. The van der Waals surface area contributed by atoms with Crippen LogP contribution in [0.25, 0.3) is 0 Å². The van der Waals surface area contributed by atoms with Gasteiger partial charge in [-0.1, -0.05) is 79.9 Å². The topological polar surface area (TPSA) is 200 Å². The molecule has 2 heterocycles. The summed E-state index contributed by atoms with van der Waals surface area (Å²) in [6.07, 6.45) is 5.43. The molecule has 2 aromatic carbocycles. The molecule has 52 heavy (non-hydrogen) atoms. The second-order valence-electron chi connectivity index (χ2n) is 14.8. The van der Waals surface area contributed by atoms with Gasteiger partial charge in [-0.05, 0) is 68.0 Å². The van der Waals surface area contributed by atoms with E-state index in [1.165, 1.54) is 0 Å².